The highest BCUT2D eigenvalue weighted by Gasteiger charge is 2.33. The van der Waals surface area contributed by atoms with Crippen LogP contribution in [-0.4, -0.2) is 66.4 Å². The summed E-state index contributed by atoms with van der Waals surface area (Å²) in [6, 6.07) is 12.0. The van der Waals surface area contributed by atoms with Gasteiger partial charge in [-0.05, 0) is 54.2 Å². The van der Waals surface area contributed by atoms with Crippen molar-refractivity contribution >= 4 is 62.5 Å². The average molecular weight is 541 g/mol. The minimum absolute atomic E-state index is 0.0520. The van der Waals surface area contributed by atoms with Gasteiger partial charge in [0.15, 0.2) is 0 Å². The van der Waals surface area contributed by atoms with E-state index in [0.717, 1.165) is 61.0 Å². The van der Waals surface area contributed by atoms with Crippen LogP contribution >= 0.6 is 23.1 Å². The number of amides is 2. The molecular weight excluding hydrogens is 512 g/mol. The van der Waals surface area contributed by atoms with Crippen LogP contribution in [-0.2, 0) is 32.0 Å². The first-order valence-electron chi connectivity index (χ1n) is 12.6. The van der Waals surface area contributed by atoms with E-state index in [9.17, 15) is 14.4 Å². The molecule has 194 valence electrons. The molecule has 0 bridgehead atoms. The summed E-state index contributed by atoms with van der Waals surface area (Å²) in [7, 11) is 0. The molecular formula is C27H29ClN4O4S. The van der Waals surface area contributed by atoms with Gasteiger partial charge in [0.1, 0.15) is 5.82 Å². The van der Waals surface area contributed by atoms with Crippen molar-refractivity contribution < 1.29 is 19.1 Å². The molecule has 0 spiro atoms. The largest absolute Gasteiger partial charge is 0.466 e. The Labute approximate surface area is 224 Å². The second kappa shape index (κ2) is 11.2. The summed E-state index contributed by atoms with van der Waals surface area (Å²) in [6.07, 6.45) is 0.789. The van der Waals surface area contributed by atoms with E-state index >= 15 is 0 Å². The molecule has 3 heterocycles. The maximum absolute atomic E-state index is 12.7. The zero-order valence-electron chi connectivity index (χ0n) is 20.7. The molecule has 0 N–H and O–H groups in total. The van der Waals surface area contributed by atoms with Gasteiger partial charge in [-0.2, -0.15) is 4.37 Å². The van der Waals surface area contributed by atoms with Gasteiger partial charge in [-0.1, -0.05) is 29.8 Å². The van der Waals surface area contributed by atoms with E-state index in [4.69, 9.17) is 16.3 Å². The van der Waals surface area contributed by atoms with Crippen LogP contribution in [0.1, 0.15) is 30.9 Å². The lowest BCUT2D eigenvalue weighted by molar-refractivity contribution is -0.144. The van der Waals surface area contributed by atoms with Crippen molar-refractivity contribution in [1.29, 1.82) is 0 Å². The molecule has 8 nitrogen and oxygen atoms in total. The van der Waals surface area contributed by atoms with E-state index in [1.807, 2.05) is 12.1 Å². The van der Waals surface area contributed by atoms with Gasteiger partial charge in [0.05, 0.1) is 29.8 Å². The van der Waals surface area contributed by atoms with E-state index in [-0.39, 0.29) is 31.8 Å². The number of fused-ring (bicyclic) bond motifs is 2. The molecule has 10 heteroatoms. The van der Waals surface area contributed by atoms with Crippen molar-refractivity contribution in [2.24, 2.45) is 0 Å². The molecule has 1 aromatic heterocycles. The Morgan fingerprint density at radius 2 is 1.89 bits per heavy atom. The molecule has 0 atom stereocenters. The van der Waals surface area contributed by atoms with Crippen LogP contribution < -0.4 is 9.80 Å². The molecule has 37 heavy (non-hydrogen) atoms. The Morgan fingerprint density at radius 3 is 2.68 bits per heavy atom. The molecule has 1 fully saturated rings. The third kappa shape index (κ3) is 5.49. The van der Waals surface area contributed by atoms with Crippen LogP contribution in [0.3, 0.4) is 0 Å². The smallest absolute Gasteiger partial charge is 0.306 e. The number of imide groups is 1. The van der Waals surface area contributed by atoms with Gasteiger partial charge in [0, 0.05) is 49.6 Å². The lowest BCUT2D eigenvalue weighted by atomic mass is 10.0. The van der Waals surface area contributed by atoms with Gasteiger partial charge in [0.2, 0.25) is 11.8 Å². The Hall–Kier alpha value is -3.01. The number of nitrogens with zero attached hydrogens (tertiary/aromatic N) is 4. The molecule has 0 saturated carbocycles. The first-order valence-corrected chi connectivity index (χ1v) is 13.7. The summed E-state index contributed by atoms with van der Waals surface area (Å²) in [4.78, 5) is 42.8. The van der Waals surface area contributed by atoms with E-state index in [0.29, 0.717) is 10.7 Å². The zero-order valence-corrected chi connectivity index (χ0v) is 22.3. The van der Waals surface area contributed by atoms with Gasteiger partial charge in [0.25, 0.3) is 0 Å². The molecule has 2 aliphatic rings. The number of carbonyl (C=O) groups is 3. The number of hydrogen-bond acceptors (Lipinski definition) is 8. The van der Waals surface area contributed by atoms with Crippen molar-refractivity contribution in [3.63, 3.8) is 0 Å². The SMILES string of the molecule is CCOC(=O)CCC(=O)N1C(=O)Cc2cc(CCN3CCN(c4nsc5ccccc45)CC3)c(Cl)cc21. The number of anilines is 2. The Bertz CT molecular complexity index is 1340. The molecule has 3 aromatic rings. The molecule has 2 aliphatic heterocycles. The van der Waals surface area contributed by atoms with E-state index in [1.54, 1.807) is 24.5 Å². The van der Waals surface area contributed by atoms with Crippen LogP contribution in [0.2, 0.25) is 5.02 Å². The minimum atomic E-state index is -0.447. The fraction of sp³-hybridized carbons (Fsp3) is 0.407. The number of carbonyl (C=O) groups excluding carboxylic acids is 3. The van der Waals surface area contributed by atoms with Crippen molar-refractivity contribution in [1.82, 2.24) is 9.27 Å². The van der Waals surface area contributed by atoms with Crippen molar-refractivity contribution in [2.75, 3.05) is 49.1 Å². The normalized spacial score (nSPS) is 15.9. The first kappa shape index (κ1) is 25.6. The highest BCUT2D eigenvalue weighted by atomic mass is 35.5. The summed E-state index contributed by atoms with van der Waals surface area (Å²) in [6.45, 7) is 6.55. The van der Waals surface area contributed by atoms with Crippen LogP contribution in [0.15, 0.2) is 36.4 Å². The quantitative estimate of drug-likeness (QED) is 0.398. The molecule has 5 rings (SSSR count). The minimum Gasteiger partial charge on any atom is -0.466 e. The van der Waals surface area contributed by atoms with Crippen LogP contribution in [0.5, 0.6) is 0 Å². The number of hydrogen-bond donors (Lipinski definition) is 0. The molecule has 1 saturated heterocycles. The van der Waals surface area contributed by atoms with Crippen molar-refractivity contribution in [3.8, 4) is 0 Å². The van der Waals surface area contributed by atoms with Gasteiger partial charge >= 0.3 is 5.97 Å². The van der Waals surface area contributed by atoms with E-state index in [1.165, 1.54) is 10.1 Å². The molecule has 0 aliphatic carbocycles. The maximum Gasteiger partial charge on any atom is 0.306 e. The first-order chi connectivity index (χ1) is 17.9. The van der Waals surface area contributed by atoms with Gasteiger partial charge < -0.3 is 9.64 Å². The summed E-state index contributed by atoms with van der Waals surface area (Å²) >= 11 is 8.15. The predicted molar refractivity (Wildman–Crippen MR) is 145 cm³/mol. The van der Waals surface area contributed by atoms with Gasteiger partial charge in [-0.25, -0.2) is 4.90 Å². The Balaban J connectivity index is 1.18. The van der Waals surface area contributed by atoms with Gasteiger partial charge in [-0.3, -0.25) is 19.3 Å². The summed E-state index contributed by atoms with van der Waals surface area (Å²) in [5, 5.41) is 1.76. The number of esters is 1. The Kier molecular flexibility index (Phi) is 7.73. The molecule has 0 unspecified atom stereocenters. The number of ether oxygens (including phenoxy) is 1. The maximum atomic E-state index is 12.7. The van der Waals surface area contributed by atoms with E-state index in [2.05, 4.69) is 32.4 Å². The second-order valence-electron chi connectivity index (χ2n) is 9.26. The lowest BCUT2D eigenvalue weighted by Gasteiger charge is -2.35. The standard InChI is InChI=1S/C27H29ClN4O4S/c1-2-36-26(35)8-7-24(33)32-22-17-21(28)18(15-19(22)16-25(32)34)9-10-30-11-13-31(14-12-30)27-20-5-3-4-6-23(20)37-29-27/h3-6,15,17H,2,7-14,16H2,1H3. The van der Waals surface area contributed by atoms with E-state index < -0.39 is 11.9 Å². The molecule has 2 aromatic carbocycles. The molecule has 2 amide bonds. The van der Waals surface area contributed by atoms with Crippen LogP contribution in [0, 0.1) is 0 Å². The summed E-state index contributed by atoms with van der Waals surface area (Å²) in [5.74, 6) is -0.0704. The number of piperazine rings is 1. The fourth-order valence-corrected chi connectivity index (χ4v) is 6.01. The Morgan fingerprint density at radius 1 is 1.11 bits per heavy atom. The summed E-state index contributed by atoms with van der Waals surface area (Å²) < 4.78 is 10.8. The number of benzene rings is 2. The number of rotatable bonds is 8. The third-order valence-electron chi connectivity index (χ3n) is 6.90. The van der Waals surface area contributed by atoms with Crippen molar-refractivity contribution in [2.45, 2.75) is 32.6 Å². The average Bonchev–Trinajstić information content (AvgIpc) is 3.46. The van der Waals surface area contributed by atoms with Crippen LogP contribution in [0.25, 0.3) is 10.1 Å². The topological polar surface area (TPSA) is 83.0 Å². The summed E-state index contributed by atoms with van der Waals surface area (Å²) in [5.41, 5.74) is 2.30. The van der Waals surface area contributed by atoms with Crippen molar-refractivity contribution in [3.05, 3.63) is 52.5 Å². The highest BCUT2D eigenvalue weighted by molar-refractivity contribution is 7.13. The fourth-order valence-electron chi connectivity index (χ4n) is 4.97. The predicted octanol–water partition coefficient (Wildman–Crippen LogP) is 4.07. The molecule has 0 radical (unpaired) electrons. The monoisotopic (exact) mass is 540 g/mol. The lowest BCUT2D eigenvalue weighted by Crippen LogP contribution is -2.47. The third-order valence-corrected chi connectivity index (χ3v) is 8.07. The zero-order chi connectivity index (χ0) is 25.9. The highest BCUT2D eigenvalue weighted by Crippen LogP contribution is 2.35. The van der Waals surface area contributed by atoms with Gasteiger partial charge in [-0.15, -0.1) is 0 Å². The second-order valence-corrected chi connectivity index (χ2v) is 10.5. The number of halogens is 1. The number of aromatic nitrogens is 1. The van der Waals surface area contributed by atoms with Crippen LogP contribution in [0.4, 0.5) is 11.5 Å².